The third-order valence-electron chi connectivity index (χ3n) is 4.60. The monoisotopic (exact) mass is 362 g/mol. The Bertz CT molecular complexity index is 953. The highest BCUT2D eigenvalue weighted by atomic mass is 16.5. The van der Waals surface area contributed by atoms with Crippen LogP contribution < -0.4 is 15.4 Å². The highest BCUT2D eigenvalue weighted by Gasteiger charge is 2.19. The van der Waals surface area contributed by atoms with E-state index >= 15 is 0 Å². The Morgan fingerprint density at radius 3 is 2.48 bits per heavy atom. The van der Waals surface area contributed by atoms with Gasteiger partial charge in [0.05, 0.1) is 12.8 Å². The van der Waals surface area contributed by atoms with Gasteiger partial charge in [0.2, 0.25) is 0 Å². The lowest BCUT2D eigenvalue weighted by Gasteiger charge is -2.24. The minimum atomic E-state index is -0.220. The van der Waals surface area contributed by atoms with E-state index in [1.54, 1.807) is 7.11 Å². The number of carbonyl (C=O) groups excluding carboxylic acids is 1. The molecule has 0 atom stereocenters. The molecule has 3 aromatic rings. The lowest BCUT2D eigenvalue weighted by molar-refractivity contribution is 0.251. The van der Waals surface area contributed by atoms with E-state index in [0.29, 0.717) is 6.54 Å². The van der Waals surface area contributed by atoms with E-state index in [-0.39, 0.29) is 11.4 Å². The molecule has 0 saturated heterocycles. The van der Waals surface area contributed by atoms with E-state index in [9.17, 15) is 4.79 Å². The fourth-order valence-electron chi connectivity index (χ4n) is 3.21. The quantitative estimate of drug-likeness (QED) is 0.647. The number of urea groups is 1. The van der Waals surface area contributed by atoms with Gasteiger partial charge in [-0.15, -0.1) is 0 Å². The van der Waals surface area contributed by atoms with Crippen LogP contribution in [0.25, 0.3) is 10.8 Å². The van der Waals surface area contributed by atoms with Crippen LogP contribution in [-0.4, -0.2) is 13.1 Å². The maximum atomic E-state index is 12.5. The summed E-state index contributed by atoms with van der Waals surface area (Å²) in [6, 6.07) is 19.6. The van der Waals surface area contributed by atoms with Crippen molar-refractivity contribution in [3.63, 3.8) is 0 Å². The molecule has 4 nitrogen and oxygen atoms in total. The fraction of sp³-hybridized carbons (Fsp3) is 0.261. The van der Waals surface area contributed by atoms with E-state index in [4.69, 9.17) is 4.74 Å². The van der Waals surface area contributed by atoms with Gasteiger partial charge in [0.1, 0.15) is 5.75 Å². The number of hydrogen-bond donors (Lipinski definition) is 2. The van der Waals surface area contributed by atoms with Crippen molar-refractivity contribution in [2.75, 3.05) is 12.4 Å². The predicted molar refractivity (Wildman–Crippen MR) is 112 cm³/mol. The van der Waals surface area contributed by atoms with Crippen LogP contribution in [0.15, 0.2) is 60.7 Å². The van der Waals surface area contributed by atoms with Gasteiger partial charge in [0.15, 0.2) is 0 Å². The number of nitrogens with one attached hydrogen (secondary N) is 2. The number of ether oxygens (including phenoxy) is 1. The van der Waals surface area contributed by atoms with Crippen LogP contribution in [0.1, 0.15) is 31.9 Å². The predicted octanol–water partition coefficient (Wildman–Crippen LogP) is 5.47. The first-order chi connectivity index (χ1) is 12.9. The third kappa shape index (κ3) is 4.40. The molecule has 0 heterocycles. The zero-order valence-corrected chi connectivity index (χ0v) is 16.3. The number of rotatable bonds is 4. The molecule has 0 spiro atoms. The third-order valence-corrected chi connectivity index (χ3v) is 4.60. The highest BCUT2D eigenvalue weighted by Crippen LogP contribution is 2.29. The fourth-order valence-corrected chi connectivity index (χ4v) is 3.21. The molecule has 2 N–H and O–H groups in total. The Morgan fingerprint density at radius 2 is 1.74 bits per heavy atom. The van der Waals surface area contributed by atoms with Crippen molar-refractivity contribution in [1.29, 1.82) is 0 Å². The van der Waals surface area contributed by atoms with Gasteiger partial charge in [0, 0.05) is 11.9 Å². The molecule has 0 aromatic heterocycles. The summed E-state index contributed by atoms with van der Waals surface area (Å²) in [4.78, 5) is 12.5. The van der Waals surface area contributed by atoms with Crippen molar-refractivity contribution >= 4 is 22.5 Å². The van der Waals surface area contributed by atoms with E-state index in [2.05, 4.69) is 31.4 Å². The number of carbonyl (C=O) groups is 1. The van der Waals surface area contributed by atoms with Crippen LogP contribution in [0.3, 0.4) is 0 Å². The molecule has 0 unspecified atom stereocenters. The van der Waals surface area contributed by atoms with Gasteiger partial charge in [-0.2, -0.15) is 0 Å². The first-order valence-electron chi connectivity index (χ1n) is 9.08. The lowest BCUT2D eigenvalue weighted by Crippen LogP contribution is -2.29. The van der Waals surface area contributed by atoms with Crippen LogP contribution >= 0.6 is 0 Å². The zero-order chi connectivity index (χ0) is 19.4. The Labute approximate surface area is 160 Å². The minimum absolute atomic E-state index is 0.0440. The van der Waals surface area contributed by atoms with Gasteiger partial charge in [-0.05, 0) is 40.1 Å². The molecule has 0 fully saturated rings. The summed E-state index contributed by atoms with van der Waals surface area (Å²) >= 11 is 0. The van der Waals surface area contributed by atoms with Gasteiger partial charge in [-0.3, -0.25) is 0 Å². The second-order valence-corrected chi connectivity index (χ2v) is 7.61. The average molecular weight is 362 g/mol. The summed E-state index contributed by atoms with van der Waals surface area (Å²) < 4.78 is 5.35. The van der Waals surface area contributed by atoms with E-state index in [0.717, 1.165) is 33.3 Å². The van der Waals surface area contributed by atoms with Crippen LogP contribution in [-0.2, 0) is 12.0 Å². The number of benzene rings is 3. The van der Waals surface area contributed by atoms with E-state index in [1.807, 2.05) is 60.7 Å². The Kier molecular flexibility index (Phi) is 5.36. The molecular weight excluding hydrogens is 336 g/mol. The summed E-state index contributed by atoms with van der Waals surface area (Å²) in [5.74, 6) is 0.823. The normalized spacial score (nSPS) is 11.3. The van der Waals surface area contributed by atoms with Gasteiger partial charge >= 0.3 is 6.03 Å². The van der Waals surface area contributed by atoms with E-state index in [1.165, 1.54) is 0 Å². The lowest BCUT2D eigenvalue weighted by atomic mass is 9.83. The first-order valence-corrected chi connectivity index (χ1v) is 9.08. The molecule has 0 radical (unpaired) electrons. The summed E-state index contributed by atoms with van der Waals surface area (Å²) in [6.45, 7) is 6.91. The second-order valence-electron chi connectivity index (χ2n) is 7.61. The summed E-state index contributed by atoms with van der Waals surface area (Å²) in [7, 11) is 1.66. The Hall–Kier alpha value is -3.01. The van der Waals surface area contributed by atoms with Crippen molar-refractivity contribution in [2.24, 2.45) is 0 Å². The SMILES string of the molecule is COc1ccc(CNC(=O)Nc2cccc3ccccc23)c(C(C)(C)C)c1. The minimum Gasteiger partial charge on any atom is -0.497 e. The maximum Gasteiger partial charge on any atom is 0.319 e. The number of methoxy groups -OCH3 is 1. The second kappa shape index (κ2) is 7.70. The Balaban J connectivity index is 1.74. The smallest absolute Gasteiger partial charge is 0.319 e. The average Bonchev–Trinajstić information content (AvgIpc) is 2.66. The molecule has 140 valence electrons. The van der Waals surface area contributed by atoms with Gasteiger partial charge in [-0.1, -0.05) is 63.2 Å². The molecule has 0 aliphatic heterocycles. The summed E-state index contributed by atoms with van der Waals surface area (Å²) in [6.07, 6.45) is 0. The number of amides is 2. The molecular formula is C23H26N2O2. The molecule has 0 bridgehead atoms. The van der Waals surface area contributed by atoms with Crippen LogP contribution in [0, 0.1) is 0 Å². The zero-order valence-electron chi connectivity index (χ0n) is 16.3. The van der Waals surface area contributed by atoms with Crippen LogP contribution in [0.5, 0.6) is 5.75 Å². The molecule has 27 heavy (non-hydrogen) atoms. The van der Waals surface area contributed by atoms with Crippen molar-refractivity contribution in [3.8, 4) is 5.75 Å². The van der Waals surface area contributed by atoms with Crippen LogP contribution in [0.2, 0.25) is 0 Å². The summed E-state index contributed by atoms with van der Waals surface area (Å²) in [5, 5.41) is 8.05. The highest BCUT2D eigenvalue weighted by molar-refractivity contribution is 6.01. The number of hydrogen-bond acceptors (Lipinski definition) is 2. The van der Waals surface area contributed by atoms with Gasteiger partial charge < -0.3 is 15.4 Å². The maximum absolute atomic E-state index is 12.5. The molecule has 0 aliphatic rings. The van der Waals surface area contributed by atoms with Crippen molar-refractivity contribution in [3.05, 3.63) is 71.8 Å². The molecule has 0 aliphatic carbocycles. The topological polar surface area (TPSA) is 50.4 Å². The molecule has 2 amide bonds. The molecule has 3 rings (SSSR count). The van der Waals surface area contributed by atoms with Crippen LogP contribution in [0.4, 0.5) is 10.5 Å². The van der Waals surface area contributed by atoms with Crippen molar-refractivity contribution < 1.29 is 9.53 Å². The first kappa shape index (κ1) is 18.8. The number of anilines is 1. The Morgan fingerprint density at radius 1 is 1.00 bits per heavy atom. The number of fused-ring (bicyclic) bond motifs is 1. The van der Waals surface area contributed by atoms with E-state index < -0.39 is 0 Å². The molecule has 4 heteroatoms. The standard InChI is InChI=1S/C23H26N2O2/c1-23(2,3)20-14-18(27-4)13-12-17(20)15-24-22(26)25-21-11-7-9-16-8-5-6-10-19(16)21/h5-14H,15H2,1-4H3,(H2,24,25,26). The van der Waals surface area contributed by atoms with Gasteiger partial charge in [-0.25, -0.2) is 4.79 Å². The van der Waals surface area contributed by atoms with Crippen molar-refractivity contribution in [2.45, 2.75) is 32.7 Å². The van der Waals surface area contributed by atoms with Crippen molar-refractivity contribution in [1.82, 2.24) is 5.32 Å². The summed E-state index contributed by atoms with van der Waals surface area (Å²) in [5.41, 5.74) is 3.00. The van der Waals surface area contributed by atoms with Gasteiger partial charge in [0.25, 0.3) is 0 Å². The molecule has 3 aromatic carbocycles. The largest absolute Gasteiger partial charge is 0.497 e. The molecule has 0 saturated carbocycles.